The lowest BCUT2D eigenvalue weighted by atomic mass is 10.1. The lowest BCUT2D eigenvalue weighted by molar-refractivity contribution is 0.0939. The van der Waals surface area contributed by atoms with Gasteiger partial charge in [-0.05, 0) is 68.1 Å². The van der Waals surface area contributed by atoms with E-state index in [0.717, 1.165) is 41.6 Å². The molecule has 4 aromatic rings. The van der Waals surface area contributed by atoms with Crippen molar-refractivity contribution in [2.45, 2.75) is 38.3 Å². The molecule has 36 heavy (non-hydrogen) atoms. The number of pyridine rings is 1. The summed E-state index contributed by atoms with van der Waals surface area (Å²) in [6.07, 6.45) is 4.42. The van der Waals surface area contributed by atoms with Crippen molar-refractivity contribution in [2.24, 2.45) is 5.73 Å². The van der Waals surface area contributed by atoms with E-state index in [1.807, 2.05) is 55.5 Å². The van der Waals surface area contributed by atoms with E-state index in [1.54, 1.807) is 17.2 Å². The molecule has 1 saturated carbocycles. The summed E-state index contributed by atoms with van der Waals surface area (Å²) in [6, 6.07) is 16.5. The van der Waals surface area contributed by atoms with Crippen LogP contribution >= 0.6 is 11.3 Å². The highest BCUT2D eigenvalue weighted by Crippen LogP contribution is 2.46. The quantitative estimate of drug-likeness (QED) is 0.327. The molecular weight excluding hydrogens is 474 g/mol. The van der Waals surface area contributed by atoms with Gasteiger partial charge in [-0.15, -0.1) is 11.3 Å². The van der Waals surface area contributed by atoms with Crippen LogP contribution in [0.4, 0.5) is 21.9 Å². The minimum absolute atomic E-state index is 0.0460. The minimum atomic E-state index is -0.333. The maximum absolute atomic E-state index is 13.4. The number of hydrogen-bond donors (Lipinski definition) is 3. The molecule has 0 unspecified atom stereocenters. The van der Waals surface area contributed by atoms with Gasteiger partial charge in [0.15, 0.2) is 0 Å². The van der Waals surface area contributed by atoms with Crippen LogP contribution in [0.2, 0.25) is 0 Å². The number of carbonyl (C=O) groups is 2. The molecule has 0 saturated heterocycles. The number of hydrogen-bond acceptors (Lipinski definition) is 6. The van der Waals surface area contributed by atoms with Crippen LogP contribution in [0.1, 0.15) is 34.5 Å². The number of anilines is 3. The maximum Gasteiger partial charge on any atom is 0.331 e. The number of urea groups is 1. The molecule has 2 atom stereocenters. The number of rotatable bonds is 5. The van der Waals surface area contributed by atoms with E-state index in [4.69, 9.17) is 10.5 Å². The predicted octanol–water partition coefficient (Wildman–Crippen LogP) is 5.69. The molecule has 4 N–H and O–H groups in total. The Bertz CT molecular complexity index is 1490. The number of carbonyl (C=O) groups excluding carboxylic acids is 2. The third kappa shape index (κ3) is 3.86. The van der Waals surface area contributed by atoms with Crippen molar-refractivity contribution in [3.63, 3.8) is 0 Å². The summed E-state index contributed by atoms with van der Waals surface area (Å²) < 4.78 is 5.95. The number of benzene rings is 2. The third-order valence-corrected chi connectivity index (χ3v) is 7.82. The molecule has 8 nitrogen and oxygen atoms in total. The van der Waals surface area contributed by atoms with Crippen LogP contribution in [0.15, 0.2) is 60.8 Å². The number of para-hydroxylation sites is 1. The van der Waals surface area contributed by atoms with Gasteiger partial charge in [0.05, 0.1) is 22.4 Å². The fourth-order valence-corrected chi connectivity index (χ4v) is 5.97. The number of aryl methyl sites for hydroxylation is 1. The highest BCUT2D eigenvalue weighted by atomic mass is 32.1. The van der Waals surface area contributed by atoms with Crippen LogP contribution in [0.3, 0.4) is 0 Å². The van der Waals surface area contributed by atoms with Crippen LogP contribution < -0.4 is 26.0 Å². The Morgan fingerprint density at radius 2 is 1.97 bits per heavy atom. The Balaban J connectivity index is 1.35. The van der Waals surface area contributed by atoms with E-state index in [2.05, 4.69) is 15.6 Å². The lowest BCUT2D eigenvalue weighted by Crippen LogP contribution is -2.44. The first kappa shape index (κ1) is 22.5. The van der Waals surface area contributed by atoms with Crippen molar-refractivity contribution >= 4 is 50.6 Å². The number of aromatic nitrogens is 1. The first-order chi connectivity index (χ1) is 17.5. The van der Waals surface area contributed by atoms with Crippen molar-refractivity contribution in [3.8, 4) is 11.5 Å². The van der Waals surface area contributed by atoms with Gasteiger partial charge >= 0.3 is 6.03 Å². The number of ether oxygens (including phenoxy) is 1. The molecule has 3 amide bonds. The number of nitrogens with one attached hydrogen (secondary N) is 2. The molecule has 2 aromatic heterocycles. The second-order valence-corrected chi connectivity index (χ2v) is 10.1. The second-order valence-electron chi connectivity index (χ2n) is 9.12. The third-order valence-electron chi connectivity index (χ3n) is 6.73. The molecular formula is C27H25N5O3S. The van der Waals surface area contributed by atoms with Gasteiger partial charge < -0.3 is 21.1 Å². The van der Waals surface area contributed by atoms with E-state index < -0.39 is 0 Å². The normalized spacial score (nSPS) is 18.8. The van der Waals surface area contributed by atoms with Gasteiger partial charge in [0.2, 0.25) is 0 Å². The lowest BCUT2D eigenvalue weighted by Gasteiger charge is -2.29. The Labute approximate surface area is 212 Å². The Hall–Kier alpha value is -3.95. The molecule has 1 fully saturated rings. The summed E-state index contributed by atoms with van der Waals surface area (Å²) in [5.74, 6) is 1.19. The van der Waals surface area contributed by atoms with Gasteiger partial charge in [0.25, 0.3) is 5.91 Å². The average molecular weight is 500 g/mol. The van der Waals surface area contributed by atoms with Crippen LogP contribution in [0.5, 0.6) is 11.5 Å². The standard InChI is InChI=1S/C27H25N5O3S/c1-15-14-17(35-16-6-3-2-4-7-16)10-11-20(15)32-21-12-13-29-26-22(21)23(31-27(32)34)24(36-26)25(33)30-19-9-5-8-18(19)28/h2-4,6-7,10-14,18-19H,5,8-9,28H2,1H3,(H,30,33)(H,31,34)/t18-,19-/m0/s1. The highest BCUT2D eigenvalue weighted by Gasteiger charge is 2.34. The molecule has 2 aliphatic rings. The Kier molecular flexibility index (Phi) is 5.58. The van der Waals surface area contributed by atoms with Gasteiger partial charge in [-0.1, -0.05) is 18.2 Å². The van der Waals surface area contributed by atoms with E-state index >= 15 is 0 Å². The zero-order valence-corrected chi connectivity index (χ0v) is 20.5. The molecule has 0 bridgehead atoms. The largest absolute Gasteiger partial charge is 0.457 e. The smallest absolute Gasteiger partial charge is 0.331 e. The molecule has 1 aliphatic heterocycles. The van der Waals surface area contributed by atoms with Gasteiger partial charge in [-0.3, -0.25) is 9.69 Å². The zero-order chi connectivity index (χ0) is 24.8. The van der Waals surface area contributed by atoms with Crippen molar-refractivity contribution in [1.29, 1.82) is 0 Å². The molecule has 9 heteroatoms. The average Bonchev–Trinajstić information content (AvgIpc) is 3.45. The fourth-order valence-electron chi connectivity index (χ4n) is 4.95. The van der Waals surface area contributed by atoms with Crippen LogP contribution in [0.25, 0.3) is 10.2 Å². The Morgan fingerprint density at radius 1 is 1.14 bits per heavy atom. The molecule has 3 heterocycles. The minimum Gasteiger partial charge on any atom is -0.457 e. The monoisotopic (exact) mass is 499 g/mol. The summed E-state index contributed by atoms with van der Waals surface area (Å²) in [5, 5.41) is 6.77. The van der Waals surface area contributed by atoms with Gasteiger partial charge in [0, 0.05) is 18.3 Å². The van der Waals surface area contributed by atoms with Crippen molar-refractivity contribution in [1.82, 2.24) is 10.3 Å². The van der Waals surface area contributed by atoms with E-state index in [0.29, 0.717) is 26.8 Å². The fraction of sp³-hybridized carbons (Fsp3) is 0.222. The molecule has 0 radical (unpaired) electrons. The van der Waals surface area contributed by atoms with Crippen LogP contribution in [0, 0.1) is 6.92 Å². The molecule has 6 rings (SSSR count). The summed E-state index contributed by atoms with van der Waals surface area (Å²) in [5.41, 5.74) is 8.93. The van der Waals surface area contributed by atoms with E-state index in [-0.39, 0.29) is 24.0 Å². The zero-order valence-electron chi connectivity index (χ0n) is 19.7. The summed E-state index contributed by atoms with van der Waals surface area (Å²) >= 11 is 1.28. The summed E-state index contributed by atoms with van der Waals surface area (Å²) in [7, 11) is 0. The first-order valence-electron chi connectivity index (χ1n) is 11.9. The topological polar surface area (TPSA) is 110 Å². The predicted molar refractivity (Wildman–Crippen MR) is 142 cm³/mol. The highest BCUT2D eigenvalue weighted by molar-refractivity contribution is 7.21. The van der Waals surface area contributed by atoms with Crippen molar-refractivity contribution < 1.29 is 14.3 Å². The summed E-state index contributed by atoms with van der Waals surface area (Å²) in [4.78, 5) is 33.8. The number of nitrogens with zero attached hydrogens (tertiary/aromatic N) is 2. The summed E-state index contributed by atoms with van der Waals surface area (Å²) in [6.45, 7) is 1.94. The number of amides is 3. The Morgan fingerprint density at radius 3 is 2.72 bits per heavy atom. The number of nitrogens with two attached hydrogens (primary N) is 1. The molecule has 0 spiro atoms. The van der Waals surface area contributed by atoms with Gasteiger partial charge in [-0.2, -0.15) is 0 Å². The molecule has 2 aromatic carbocycles. The van der Waals surface area contributed by atoms with E-state index in [9.17, 15) is 9.59 Å². The van der Waals surface area contributed by atoms with Gasteiger partial charge in [-0.25, -0.2) is 9.78 Å². The van der Waals surface area contributed by atoms with E-state index in [1.165, 1.54) is 11.3 Å². The van der Waals surface area contributed by atoms with Crippen LogP contribution in [-0.2, 0) is 0 Å². The van der Waals surface area contributed by atoms with Crippen molar-refractivity contribution in [3.05, 3.63) is 71.2 Å². The SMILES string of the molecule is Cc1cc(Oc2ccccc2)ccc1N1C(=O)Nc2c(C(=O)N[C@H]3CCC[C@@H]3N)sc3nccc1c23. The van der Waals surface area contributed by atoms with Crippen molar-refractivity contribution in [2.75, 3.05) is 10.2 Å². The van der Waals surface area contributed by atoms with Gasteiger partial charge in [0.1, 0.15) is 21.2 Å². The number of thiophene rings is 1. The van der Waals surface area contributed by atoms with Crippen LogP contribution in [-0.4, -0.2) is 29.0 Å². The molecule has 1 aliphatic carbocycles. The first-order valence-corrected chi connectivity index (χ1v) is 12.7. The second kappa shape index (κ2) is 8.92. The molecule has 182 valence electrons. The maximum atomic E-state index is 13.4.